The zero-order chi connectivity index (χ0) is 12.5. The first-order valence-corrected chi connectivity index (χ1v) is 7.11. The van der Waals surface area contributed by atoms with Crippen molar-refractivity contribution in [2.75, 3.05) is 18.0 Å². The van der Waals surface area contributed by atoms with Crippen LogP contribution in [-0.4, -0.2) is 18.1 Å². The molecule has 96 valence electrons. The minimum Gasteiger partial charge on any atom is -0.356 e. The van der Waals surface area contributed by atoms with Gasteiger partial charge in [-0.2, -0.15) is 0 Å². The van der Waals surface area contributed by atoms with Gasteiger partial charge in [-0.25, -0.2) is 4.98 Å². The standard InChI is InChI=1S/C14H23ClN2/c1-3-5-10-17(11-6-4-2)14-13(12-15)8-7-9-16-14/h7-9H,3-6,10-12H2,1-2H3. The average molecular weight is 255 g/mol. The second-order valence-corrected chi connectivity index (χ2v) is 4.58. The second-order valence-electron chi connectivity index (χ2n) is 4.31. The topological polar surface area (TPSA) is 16.1 Å². The van der Waals surface area contributed by atoms with E-state index in [1.165, 1.54) is 25.7 Å². The minimum atomic E-state index is 0.540. The van der Waals surface area contributed by atoms with Crippen LogP contribution in [-0.2, 0) is 5.88 Å². The lowest BCUT2D eigenvalue weighted by molar-refractivity contribution is 0.669. The number of pyridine rings is 1. The van der Waals surface area contributed by atoms with E-state index in [-0.39, 0.29) is 0 Å². The van der Waals surface area contributed by atoms with Gasteiger partial charge in [0.25, 0.3) is 0 Å². The number of anilines is 1. The van der Waals surface area contributed by atoms with Crippen LogP contribution in [0.15, 0.2) is 18.3 Å². The van der Waals surface area contributed by atoms with Crippen LogP contribution >= 0.6 is 11.6 Å². The molecule has 0 spiro atoms. The Morgan fingerprint density at radius 2 is 1.82 bits per heavy atom. The van der Waals surface area contributed by atoms with E-state index in [2.05, 4.69) is 29.8 Å². The first-order valence-electron chi connectivity index (χ1n) is 6.58. The predicted octanol–water partition coefficient (Wildman–Crippen LogP) is 4.23. The highest BCUT2D eigenvalue weighted by Gasteiger charge is 2.10. The van der Waals surface area contributed by atoms with Gasteiger partial charge in [-0.05, 0) is 18.9 Å². The van der Waals surface area contributed by atoms with Crippen LogP contribution < -0.4 is 4.90 Å². The zero-order valence-corrected chi connectivity index (χ0v) is 11.7. The van der Waals surface area contributed by atoms with E-state index in [1.54, 1.807) is 0 Å². The molecular formula is C14H23ClN2. The van der Waals surface area contributed by atoms with Crippen molar-refractivity contribution in [3.05, 3.63) is 23.9 Å². The molecule has 0 unspecified atom stereocenters. The molecule has 0 amide bonds. The lowest BCUT2D eigenvalue weighted by Gasteiger charge is -2.25. The molecule has 0 saturated heterocycles. The van der Waals surface area contributed by atoms with Gasteiger partial charge >= 0.3 is 0 Å². The molecule has 1 aromatic heterocycles. The van der Waals surface area contributed by atoms with Crippen LogP contribution in [0.2, 0.25) is 0 Å². The second kappa shape index (κ2) is 8.35. The van der Waals surface area contributed by atoms with Crippen molar-refractivity contribution >= 4 is 17.4 Å². The highest BCUT2D eigenvalue weighted by atomic mass is 35.5. The van der Waals surface area contributed by atoms with Gasteiger partial charge in [-0.15, -0.1) is 11.6 Å². The fourth-order valence-corrected chi connectivity index (χ4v) is 2.05. The summed E-state index contributed by atoms with van der Waals surface area (Å²) in [6, 6.07) is 4.03. The molecular weight excluding hydrogens is 232 g/mol. The molecule has 0 aliphatic heterocycles. The van der Waals surface area contributed by atoms with E-state index in [4.69, 9.17) is 11.6 Å². The van der Waals surface area contributed by atoms with Crippen molar-refractivity contribution in [1.29, 1.82) is 0 Å². The first-order chi connectivity index (χ1) is 8.33. The Kier molecular flexibility index (Phi) is 7.02. The van der Waals surface area contributed by atoms with Crippen molar-refractivity contribution in [3.63, 3.8) is 0 Å². The molecule has 0 aliphatic carbocycles. The summed E-state index contributed by atoms with van der Waals surface area (Å²) in [6.07, 6.45) is 6.71. The Hall–Kier alpha value is -0.760. The normalized spacial score (nSPS) is 10.5. The number of unbranched alkanes of at least 4 members (excludes halogenated alkanes) is 2. The smallest absolute Gasteiger partial charge is 0.132 e. The maximum absolute atomic E-state index is 5.98. The largest absolute Gasteiger partial charge is 0.356 e. The molecule has 0 N–H and O–H groups in total. The van der Waals surface area contributed by atoms with Gasteiger partial charge in [0.15, 0.2) is 0 Å². The minimum absolute atomic E-state index is 0.540. The van der Waals surface area contributed by atoms with E-state index in [1.807, 2.05) is 12.3 Å². The van der Waals surface area contributed by atoms with Crippen LogP contribution in [0.3, 0.4) is 0 Å². The van der Waals surface area contributed by atoms with Crippen molar-refractivity contribution in [2.45, 2.75) is 45.4 Å². The van der Waals surface area contributed by atoms with E-state index in [0.717, 1.165) is 24.5 Å². The van der Waals surface area contributed by atoms with E-state index in [0.29, 0.717) is 5.88 Å². The summed E-state index contributed by atoms with van der Waals surface area (Å²) >= 11 is 5.98. The van der Waals surface area contributed by atoms with Crippen LogP contribution in [0, 0.1) is 0 Å². The number of hydrogen-bond acceptors (Lipinski definition) is 2. The third kappa shape index (κ3) is 4.55. The summed E-state index contributed by atoms with van der Waals surface area (Å²) in [5.74, 6) is 1.61. The Morgan fingerprint density at radius 3 is 2.35 bits per heavy atom. The van der Waals surface area contributed by atoms with Gasteiger partial charge in [0.1, 0.15) is 5.82 Å². The maximum atomic E-state index is 5.98. The molecule has 0 radical (unpaired) electrons. The fraction of sp³-hybridized carbons (Fsp3) is 0.643. The van der Waals surface area contributed by atoms with Gasteiger partial charge in [0.05, 0.1) is 5.88 Å². The molecule has 0 bridgehead atoms. The zero-order valence-electron chi connectivity index (χ0n) is 11.0. The molecule has 3 heteroatoms. The van der Waals surface area contributed by atoms with E-state index < -0.39 is 0 Å². The van der Waals surface area contributed by atoms with Gasteiger partial charge < -0.3 is 4.90 Å². The number of alkyl halides is 1. The Morgan fingerprint density at radius 1 is 1.18 bits per heavy atom. The maximum Gasteiger partial charge on any atom is 0.132 e. The fourth-order valence-electron chi connectivity index (χ4n) is 1.84. The van der Waals surface area contributed by atoms with Gasteiger partial charge in [0.2, 0.25) is 0 Å². The average Bonchev–Trinajstić information content (AvgIpc) is 2.39. The summed E-state index contributed by atoms with van der Waals surface area (Å²) < 4.78 is 0. The lowest BCUT2D eigenvalue weighted by Crippen LogP contribution is -2.27. The predicted molar refractivity (Wildman–Crippen MR) is 75.8 cm³/mol. The Bertz CT molecular complexity index is 307. The monoisotopic (exact) mass is 254 g/mol. The summed E-state index contributed by atoms with van der Waals surface area (Å²) in [4.78, 5) is 6.88. The third-order valence-corrected chi connectivity index (χ3v) is 3.16. The summed E-state index contributed by atoms with van der Waals surface area (Å²) in [5, 5.41) is 0. The number of halogens is 1. The highest BCUT2D eigenvalue weighted by molar-refractivity contribution is 6.17. The van der Waals surface area contributed by atoms with Crippen LogP contribution in [0.4, 0.5) is 5.82 Å². The van der Waals surface area contributed by atoms with E-state index >= 15 is 0 Å². The molecule has 17 heavy (non-hydrogen) atoms. The van der Waals surface area contributed by atoms with Gasteiger partial charge in [-0.1, -0.05) is 32.8 Å². The van der Waals surface area contributed by atoms with Crippen molar-refractivity contribution in [3.8, 4) is 0 Å². The molecule has 0 atom stereocenters. The Balaban J connectivity index is 2.78. The molecule has 0 aliphatic rings. The highest BCUT2D eigenvalue weighted by Crippen LogP contribution is 2.20. The lowest BCUT2D eigenvalue weighted by atomic mass is 10.2. The van der Waals surface area contributed by atoms with E-state index in [9.17, 15) is 0 Å². The number of rotatable bonds is 8. The SMILES string of the molecule is CCCCN(CCCC)c1ncccc1CCl. The molecule has 2 nitrogen and oxygen atoms in total. The summed E-state index contributed by atoms with van der Waals surface area (Å²) in [6.45, 7) is 6.60. The summed E-state index contributed by atoms with van der Waals surface area (Å²) in [7, 11) is 0. The van der Waals surface area contributed by atoms with Crippen molar-refractivity contribution in [2.24, 2.45) is 0 Å². The van der Waals surface area contributed by atoms with Crippen LogP contribution in [0.25, 0.3) is 0 Å². The van der Waals surface area contributed by atoms with Gasteiger partial charge in [0, 0.05) is 24.8 Å². The van der Waals surface area contributed by atoms with Crippen molar-refractivity contribution < 1.29 is 0 Å². The third-order valence-electron chi connectivity index (χ3n) is 2.87. The molecule has 0 aromatic carbocycles. The molecule has 0 fully saturated rings. The number of nitrogens with zero attached hydrogens (tertiary/aromatic N) is 2. The number of aromatic nitrogens is 1. The van der Waals surface area contributed by atoms with Gasteiger partial charge in [-0.3, -0.25) is 0 Å². The number of hydrogen-bond donors (Lipinski definition) is 0. The Labute approximate surface area is 110 Å². The van der Waals surface area contributed by atoms with Crippen LogP contribution in [0.1, 0.15) is 45.1 Å². The molecule has 1 heterocycles. The first kappa shape index (κ1) is 14.3. The molecule has 1 rings (SSSR count). The van der Waals surface area contributed by atoms with Crippen LogP contribution in [0.5, 0.6) is 0 Å². The molecule has 0 saturated carbocycles. The molecule has 1 aromatic rings. The van der Waals surface area contributed by atoms with Crippen molar-refractivity contribution in [1.82, 2.24) is 4.98 Å². The quantitative estimate of drug-likeness (QED) is 0.646. The summed E-state index contributed by atoms with van der Waals surface area (Å²) in [5.41, 5.74) is 1.14.